The van der Waals surface area contributed by atoms with Gasteiger partial charge in [-0.1, -0.05) is 60.1 Å². The third-order valence-corrected chi connectivity index (χ3v) is 5.53. The van der Waals surface area contributed by atoms with Crippen molar-refractivity contribution >= 4 is 23.5 Å². The lowest BCUT2D eigenvalue weighted by atomic mass is 9.96. The van der Waals surface area contributed by atoms with Crippen LogP contribution in [0.25, 0.3) is 0 Å². The van der Waals surface area contributed by atoms with Crippen molar-refractivity contribution in [2.24, 2.45) is 0 Å². The zero-order chi connectivity index (χ0) is 19.7. The van der Waals surface area contributed by atoms with Crippen molar-refractivity contribution < 1.29 is 14.3 Å². The van der Waals surface area contributed by atoms with Gasteiger partial charge in [-0.15, -0.1) is 0 Å². The van der Waals surface area contributed by atoms with Gasteiger partial charge in [0.1, 0.15) is 12.2 Å². The van der Waals surface area contributed by atoms with Crippen molar-refractivity contribution in [1.82, 2.24) is 15.3 Å². The molecule has 2 heterocycles. The molecule has 6 nitrogen and oxygen atoms in total. The summed E-state index contributed by atoms with van der Waals surface area (Å²) < 4.78 is 5.36. The maximum Gasteiger partial charge on any atom is 0.325 e. The Morgan fingerprint density at radius 3 is 2.61 bits per heavy atom. The molecule has 0 aliphatic carbocycles. The molecule has 7 heteroatoms. The molecule has 0 radical (unpaired) electrons. The molecule has 2 saturated heterocycles. The molecule has 28 heavy (non-hydrogen) atoms. The molecule has 0 bridgehead atoms. The summed E-state index contributed by atoms with van der Waals surface area (Å²) in [6.45, 7) is 2.62. The Balaban J connectivity index is 1.80. The average molecular weight is 400 g/mol. The van der Waals surface area contributed by atoms with Crippen molar-refractivity contribution in [3.8, 4) is 0 Å². The summed E-state index contributed by atoms with van der Waals surface area (Å²) in [6, 6.07) is 16.1. The van der Waals surface area contributed by atoms with Gasteiger partial charge in [-0.2, -0.15) is 0 Å². The average Bonchev–Trinajstić information content (AvgIpc) is 3.10. The van der Waals surface area contributed by atoms with Crippen molar-refractivity contribution in [3.05, 3.63) is 70.7 Å². The number of fused-ring (bicyclic) bond motifs is 1. The highest BCUT2D eigenvalue weighted by Gasteiger charge is 2.50. The molecule has 0 spiro atoms. The van der Waals surface area contributed by atoms with E-state index in [0.29, 0.717) is 18.0 Å². The van der Waals surface area contributed by atoms with Gasteiger partial charge >= 0.3 is 5.97 Å². The fourth-order valence-electron chi connectivity index (χ4n) is 4.01. The van der Waals surface area contributed by atoms with Crippen LogP contribution in [0, 0.1) is 0 Å². The molecule has 1 N–H and O–H groups in total. The van der Waals surface area contributed by atoms with E-state index < -0.39 is 12.2 Å². The second-order valence-corrected chi connectivity index (χ2v) is 7.23. The van der Waals surface area contributed by atoms with E-state index >= 15 is 0 Å². The maximum absolute atomic E-state index is 12.9. The van der Waals surface area contributed by atoms with Crippen molar-refractivity contribution in [3.63, 3.8) is 0 Å². The van der Waals surface area contributed by atoms with Crippen LogP contribution in [0.3, 0.4) is 0 Å². The lowest BCUT2D eigenvalue weighted by molar-refractivity contribution is -0.174. The Kier molecular flexibility index (Phi) is 5.35. The summed E-state index contributed by atoms with van der Waals surface area (Å²) in [7, 11) is 0. The number of ether oxygens (including phenoxy) is 1. The summed E-state index contributed by atoms with van der Waals surface area (Å²) >= 11 is 6.42. The minimum absolute atomic E-state index is 0.000611. The van der Waals surface area contributed by atoms with Crippen LogP contribution < -0.4 is 5.32 Å². The van der Waals surface area contributed by atoms with Crippen LogP contribution in [0.4, 0.5) is 0 Å². The summed E-state index contributed by atoms with van der Waals surface area (Å²) in [5, 5.41) is 7.57. The number of esters is 1. The molecule has 2 aliphatic heterocycles. The molecule has 3 unspecified atom stereocenters. The van der Waals surface area contributed by atoms with E-state index in [1.165, 1.54) is 0 Å². The first-order chi connectivity index (χ1) is 13.6. The Bertz CT molecular complexity index is 876. The maximum atomic E-state index is 12.9. The first-order valence-electron chi connectivity index (χ1n) is 9.42. The SMILES string of the molecule is CCOC(=O)C1NC(c2ccccc2Cl)N2C(=O)CCN2C1c1ccccc1. The van der Waals surface area contributed by atoms with E-state index in [0.717, 1.165) is 11.1 Å². The Labute approximate surface area is 169 Å². The number of rotatable bonds is 4. The summed E-state index contributed by atoms with van der Waals surface area (Å²) in [4.78, 5) is 25.6. The lowest BCUT2D eigenvalue weighted by Crippen LogP contribution is -2.63. The van der Waals surface area contributed by atoms with Gasteiger partial charge in [-0.05, 0) is 18.6 Å². The quantitative estimate of drug-likeness (QED) is 0.800. The van der Waals surface area contributed by atoms with Crippen molar-refractivity contribution in [1.29, 1.82) is 0 Å². The number of carbonyl (C=O) groups excluding carboxylic acids is 2. The van der Waals surface area contributed by atoms with Gasteiger partial charge in [0.2, 0.25) is 5.91 Å². The highest BCUT2D eigenvalue weighted by atomic mass is 35.5. The highest BCUT2D eigenvalue weighted by molar-refractivity contribution is 6.31. The van der Waals surface area contributed by atoms with Gasteiger partial charge in [0.25, 0.3) is 0 Å². The van der Waals surface area contributed by atoms with Crippen LogP contribution >= 0.6 is 11.6 Å². The second kappa shape index (κ2) is 7.91. The zero-order valence-electron chi connectivity index (χ0n) is 15.5. The van der Waals surface area contributed by atoms with Gasteiger partial charge in [0, 0.05) is 23.6 Å². The Morgan fingerprint density at radius 1 is 1.18 bits per heavy atom. The molecule has 2 aromatic carbocycles. The first-order valence-corrected chi connectivity index (χ1v) is 9.80. The summed E-state index contributed by atoms with van der Waals surface area (Å²) in [5.41, 5.74) is 1.70. The number of benzene rings is 2. The predicted molar refractivity (Wildman–Crippen MR) is 105 cm³/mol. The van der Waals surface area contributed by atoms with Crippen molar-refractivity contribution in [2.45, 2.75) is 31.6 Å². The number of halogens is 1. The molecule has 4 rings (SSSR count). The molecule has 2 aromatic rings. The van der Waals surface area contributed by atoms with Gasteiger partial charge in [0.05, 0.1) is 12.6 Å². The van der Waals surface area contributed by atoms with Gasteiger partial charge in [-0.25, -0.2) is 5.01 Å². The van der Waals surface area contributed by atoms with Crippen LogP contribution in [0.15, 0.2) is 54.6 Å². The van der Waals surface area contributed by atoms with Crippen LogP contribution in [0.2, 0.25) is 5.02 Å². The fraction of sp³-hybridized carbons (Fsp3) is 0.333. The smallest absolute Gasteiger partial charge is 0.325 e. The third-order valence-electron chi connectivity index (χ3n) is 5.19. The van der Waals surface area contributed by atoms with Crippen LogP contribution in [-0.4, -0.2) is 41.1 Å². The van der Waals surface area contributed by atoms with E-state index in [1.807, 2.05) is 53.5 Å². The van der Waals surface area contributed by atoms with E-state index in [4.69, 9.17) is 16.3 Å². The molecule has 3 atom stereocenters. The minimum atomic E-state index is -0.634. The van der Waals surface area contributed by atoms with Crippen LogP contribution in [0.1, 0.15) is 36.7 Å². The molecule has 0 aromatic heterocycles. The molecule has 146 valence electrons. The number of amides is 1. The molecule has 0 saturated carbocycles. The number of hydrogen-bond acceptors (Lipinski definition) is 5. The summed E-state index contributed by atoms with van der Waals surface area (Å²) in [5.74, 6) is -0.340. The van der Waals surface area contributed by atoms with Crippen LogP contribution in [-0.2, 0) is 14.3 Å². The lowest BCUT2D eigenvalue weighted by Gasteiger charge is -2.48. The van der Waals surface area contributed by atoms with E-state index in [2.05, 4.69) is 5.32 Å². The number of carbonyl (C=O) groups is 2. The summed E-state index contributed by atoms with van der Waals surface area (Å²) in [6.07, 6.45) is -0.139. The Morgan fingerprint density at radius 2 is 1.89 bits per heavy atom. The molecule has 1 amide bonds. The standard InChI is InChI=1S/C21H22ClN3O3/c1-2-28-21(27)18-19(14-8-4-3-5-9-14)24-13-12-17(26)25(24)20(23-18)15-10-6-7-11-16(15)22/h3-11,18-20,23H,2,12-13H2,1H3. The number of nitrogens with zero attached hydrogens (tertiary/aromatic N) is 2. The molecular weight excluding hydrogens is 378 g/mol. The van der Waals surface area contributed by atoms with E-state index in [-0.39, 0.29) is 24.5 Å². The number of nitrogens with one attached hydrogen (secondary N) is 1. The number of hydrazine groups is 1. The van der Waals surface area contributed by atoms with Crippen molar-refractivity contribution in [2.75, 3.05) is 13.2 Å². The highest BCUT2D eigenvalue weighted by Crippen LogP contribution is 2.41. The third kappa shape index (κ3) is 3.28. The Hall–Kier alpha value is -2.41. The fourth-order valence-corrected chi connectivity index (χ4v) is 4.25. The molecular formula is C21H22ClN3O3. The topological polar surface area (TPSA) is 61.9 Å². The zero-order valence-corrected chi connectivity index (χ0v) is 16.3. The van der Waals surface area contributed by atoms with Crippen LogP contribution in [0.5, 0.6) is 0 Å². The monoisotopic (exact) mass is 399 g/mol. The van der Waals surface area contributed by atoms with Gasteiger partial charge < -0.3 is 4.74 Å². The first kappa shape index (κ1) is 18.9. The molecule has 2 fully saturated rings. The normalized spacial score (nSPS) is 24.9. The largest absolute Gasteiger partial charge is 0.465 e. The van der Waals surface area contributed by atoms with Gasteiger partial charge in [0.15, 0.2) is 0 Å². The second-order valence-electron chi connectivity index (χ2n) is 6.83. The van der Waals surface area contributed by atoms with Gasteiger partial charge in [-0.3, -0.25) is 19.9 Å². The minimum Gasteiger partial charge on any atom is -0.465 e. The predicted octanol–water partition coefficient (Wildman–Crippen LogP) is 3.06. The number of hydrogen-bond donors (Lipinski definition) is 1. The molecule has 2 aliphatic rings. The van der Waals surface area contributed by atoms with E-state index in [1.54, 1.807) is 18.0 Å². The van der Waals surface area contributed by atoms with E-state index in [9.17, 15) is 9.59 Å².